The summed E-state index contributed by atoms with van der Waals surface area (Å²) in [6.07, 6.45) is -63.9. The van der Waals surface area contributed by atoms with E-state index in [1.165, 1.54) is 0 Å². The molecule has 126 heavy (non-hydrogen) atoms. The van der Waals surface area contributed by atoms with E-state index < -0.39 is 215 Å². The Morgan fingerprint density at radius 1 is 0.175 bits per heavy atom. The lowest BCUT2D eigenvalue weighted by atomic mass is 9.94. The second-order valence-electron chi connectivity index (χ2n) is 31.4. The smallest absolute Gasteiger partial charge is 0.187 e. The van der Waals surface area contributed by atoms with Crippen molar-refractivity contribution in [2.75, 3.05) is 137 Å². The van der Waals surface area contributed by atoms with Crippen molar-refractivity contribution in [2.24, 2.45) is 115 Å². The highest BCUT2D eigenvalue weighted by molar-refractivity contribution is 5.77. The molecule has 0 aromatic heterocycles. The SMILES string of the molecule is NC(N)=NCCCNC[C@H]1O[C@@H]2O[C@H]3[C@H](O)[C@@H](O)[C@@H](O[C@H]4[C@H](O)[C@@H](O)[C@@H](O[C@H]5[C@H](O)[C@@H](O)[C@@H](O[C@H]6[C@H](O)[C@@H](O)[C@@H](O[C@H]7[C@H](O)[C@@H](O)[C@@H](O[C@H]8[C@H](O)[C@@H](O)[C@@H](O[C@H]1[C@H](O)[C@H]2O)O[C@@H]8CNCCCN=C(N)N)O[C@@H]7CNCCCN=C(N)N)O[C@@H]6CNCCCN=C(N)N)O[C@@H]5CNCCCN=C(N)N)O[C@@H]4CNCCCN=C(N)N)O[C@@H]3CNCCCN=C(N)N. The number of aliphatic imine (C=N–C) groups is 7. The van der Waals surface area contributed by atoms with E-state index in [1.807, 2.05) is 0 Å². The number of aliphatic hydroxyl groups excluding tert-OH is 14. The third-order valence-corrected chi connectivity index (χ3v) is 21.6. The molecule has 0 radical (unpaired) electrons. The molecule has 0 unspecified atom stereocenters. The summed E-state index contributed by atoms with van der Waals surface area (Å²) in [5, 5.41) is 196. The van der Waals surface area contributed by atoms with E-state index in [0.717, 1.165) is 0 Å². The first-order valence-electron chi connectivity index (χ1n) is 42.2. The molecule has 0 saturated carbocycles. The van der Waals surface area contributed by atoms with Crippen LogP contribution in [-0.4, -0.2) is 466 Å². The number of nitrogens with two attached hydrogens (primary N) is 14. The maximum atomic E-state index is 12.5. The zero-order valence-corrected chi connectivity index (χ0v) is 70.2. The molecular weight excluding hydrogens is 1680 g/mol. The maximum Gasteiger partial charge on any atom is 0.187 e. The number of aliphatic hydroxyl groups is 14. The molecule has 21 saturated heterocycles. The predicted octanol–water partition coefficient (Wildman–Crippen LogP) is -20.4. The van der Waals surface area contributed by atoms with Crippen LogP contribution in [-0.2, 0) is 66.3 Å². The highest BCUT2D eigenvalue weighted by Crippen LogP contribution is 2.39. The number of ether oxygens (including phenoxy) is 14. The number of hydrogen-bond acceptors (Lipinski definition) is 42. The van der Waals surface area contributed by atoms with Gasteiger partial charge < -0.3 is 255 Å². The second-order valence-corrected chi connectivity index (χ2v) is 31.4. The predicted molar refractivity (Wildman–Crippen MR) is 446 cm³/mol. The lowest BCUT2D eigenvalue weighted by Gasteiger charge is -2.50. The van der Waals surface area contributed by atoms with E-state index in [2.05, 4.69) is 72.2 Å². The fraction of sp³-hybridized carbons (Fsp3) is 0.900. The zero-order valence-electron chi connectivity index (χ0n) is 70.2. The lowest BCUT2D eigenvalue weighted by Crippen LogP contribution is -2.69. The van der Waals surface area contributed by atoms with Gasteiger partial charge >= 0.3 is 0 Å². The summed E-state index contributed by atoms with van der Waals surface area (Å²) in [6, 6.07) is 0. The molecule has 56 nitrogen and oxygen atoms in total. The maximum absolute atomic E-state index is 12.5. The van der Waals surface area contributed by atoms with E-state index in [-0.39, 0.29) is 179 Å². The third-order valence-electron chi connectivity index (χ3n) is 21.6. The van der Waals surface area contributed by atoms with Crippen LogP contribution in [0.5, 0.6) is 0 Å². The van der Waals surface area contributed by atoms with Gasteiger partial charge in [0.05, 0.1) is 0 Å². The number of nitrogens with one attached hydrogen (secondary N) is 7. The van der Waals surface area contributed by atoms with E-state index >= 15 is 0 Å². The van der Waals surface area contributed by atoms with Crippen LogP contribution in [0.3, 0.4) is 0 Å². The van der Waals surface area contributed by atoms with Crippen LogP contribution in [0.2, 0.25) is 0 Å². The summed E-state index contributed by atoms with van der Waals surface area (Å²) < 4.78 is 90.5. The molecule has 21 fully saturated rings. The number of rotatable bonds is 42. The van der Waals surface area contributed by atoms with Crippen molar-refractivity contribution in [1.29, 1.82) is 0 Å². The molecule has 21 aliphatic heterocycles. The topological polar surface area (TPSA) is 947 Å². The van der Waals surface area contributed by atoms with Crippen LogP contribution >= 0.6 is 0 Å². The van der Waals surface area contributed by atoms with E-state index in [1.54, 1.807) is 0 Å². The molecule has 35 atom stereocenters. The number of nitrogens with zero attached hydrogens (tertiary/aromatic N) is 7. The Morgan fingerprint density at radius 2 is 0.286 bits per heavy atom. The van der Waals surface area contributed by atoms with Crippen LogP contribution < -0.4 is 117 Å². The average molecular weight is 1820 g/mol. The van der Waals surface area contributed by atoms with Gasteiger partial charge in [-0.2, -0.15) is 0 Å². The van der Waals surface area contributed by atoms with Gasteiger partial charge in [0, 0.05) is 91.6 Å². The van der Waals surface area contributed by atoms with Crippen molar-refractivity contribution in [1.82, 2.24) is 37.2 Å². The quantitative estimate of drug-likeness (QED) is 0.0153. The molecule has 0 amide bonds. The molecule has 728 valence electrons. The molecule has 56 heteroatoms. The molecule has 0 aliphatic carbocycles. The second kappa shape index (κ2) is 53.1. The van der Waals surface area contributed by atoms with Gasteiger partial charge in [0.2, 0.25) is 0 Å². The van der Waals surface area contributed by atoms with Crippen molar-refractivity contribution < 1.29 is 138 Å². The van der Waals surface area contributed by atoms with Gasteiger partial charge in [0.1, 0.15) is 171 Å². The first-order chi connectivity index (χ1) is 60.1. The van der Waals surface area contributed by atoms with E-state index in [0.29, 0.717) is 44.9 Å². The molecule has 21 aliphatic rings. The van der Waals surface area contributed by atoms with Gasteiger partial charge in [-0.15, -0.1) is 0 Å². The first kappa shape index (κ1) is 105. The zero-order chi connectivity index (χ0) is 91.8. The summed E-state index contributed by atoms with van der Waals surface area (Å²) in [5.74, 6) is -1.28. The summed E-state index contributed by atoms with van der Waals surface area (Å²) in [7, 11) is 0. The molecule has 0 spiro atoms. The summed E-state index contributed by atoms with van der Waals surface area (Å²) in [4.78, 5) is 28.1. The van der Waals surface area contributed by atoms with Gasteiger partial charge in [-0.1, -0.05) is 0 Å². The summed E-state index contributed by atoms with van der Waals surface area (Å²) >= 11 is 0. The van der Waals surface area contributed by atoms with Crippen LogP contribution in [0, 0.1) is 0 Å². The first-order valence-corrected chi connectivity index (χ1v) is 42.2. The Hall–Kier alpha value is -6.51. The van der Waals surface area contributed by atoms with Crippen LogP contribution in [0.4, 0.5) is 0 Å². The van der Waals surface area contributed by atoms with Gasteiger partial charge in [-0.3, -0.25) is 34.9 Å². The van der Waals surface area contributed by atoms with Crippen LogP contribution in [0.1, 0.15) is 44.9 Å². The largest absolute Gasteiger partial charge is 0.387 e. The Morgan fingerprint density at radius 3 is 0.389 bits per heavy atom. The number of guanidine groups is 7. The van der Waals surface area contributed by atoms with Crippen molar-refractivity contribution in [2.45, 2.75) is 260 Å². The molecule has 49 N–H and O–H groups in total. The normalized spacial score (nSPS) is 38.0. The fourth-order valence-corrected chi connectivity index (χ4v) is 15.1. The monoisotopic (exact) mass is 1820 g/mol. The molecule has 0 aromatic rings. The van der Waals surface area contributed by atoms with E-state index in [9.17, 15) is 71.5 Å². The Bertz CT molecular complexity index is 2760. The van der Waals surface area contributed by atoms with Gasteiger partial charge in [-0.05, 0) is 90.8 Å². The summed E-state index contributed by atoms with van der Waals surface area (Å²) in [5.41, 5.74) is 78.4. The van der Waals surface area contributed by atoms with Gasteiger partial charge in [-0.25, -0.2) is 0 Å². The van der Waals surface area contributed by atoms with Crippen LogP contribution in [0.25, 0.3) is 0 Å². The average Bonchev–Trinajstić information content (AvgIpc) is 0.790. The Labute approximate surface area is 726 Å². The lowest BCUT2D eigenvalue weighted by molar-refractivity contribution is -0.392. The standard InChI is InChI=1S/C70H140N28O28/c71-64(72)92-15-1-8-85-22-29-50-36(99)43(106)57(113-29)121-51-30(23-86-9-2-16-93-65(73)74)115-59(45(108)38(51)101)123-53-32(25-88-11-4-18-95-67(77)78)117-61(47(110)40(53)103)125-55-34(27-90-13-6-20-97-69(81)82)119-63(49(112)42(55)105)126-56-35(28-91-14-7-21-98-70(83)84)118-62(48(111)41(56)104)124-54-33(26-89-12-5-19-96-68(79)80)116-60(46(109)39(54)102)122-52-31(24-87-10-3-17-94-66(75)76)114-58(120-50)44(107)37(52)100/h29-63,85-91,99-112H,1-28H2,(H4,71,72,92)(H4,73,74,93)(H4,75,76,94)(H4,77,78,95)(H4,79,80,96)(H4,81,82,97)(H4,83,84,98)/t29-,30-,31-,32-,33-,34-,35-,36-,37-,38-,39-,40-,41-,42-,43-,44-,45-,46-,47-,48-,49-,50-,51-,52-,53-,54-,55-,56-,57-,58-,59-,60-,61-,62-,63-/m1/s1. The van der Waals surface area contributed by atoms with Gasteiger partial charge in [0.15, 0.2) is 85.7 Å². The minimum absolute atomic E-state index is 0.150. The minimum Gasteiger partial charge on any atom is -0.387 e. The molecule has 14 bridgehead atoms. The van der Waals surface area contributed by atoms with E-state index in [4.69, 9.17) is 147 Å². The van der Waals surface area contributed by atoms with Crippen LogP contribution in [0.15, 0.2) is 34.9 Å². The number of hydrogen-bond donors (Lipinski definition) is 35. The third kappa shape index (κ3) is 31.6. The van der Waals surface area contributed by atoms with Crippen molar-refractivity contribution in [3.63, 3.8) is 0 Å². The Kier molecular flexibility index (Phi) is 44.2. The Balaban J connectivity index is 1.23. The van der Waals surface area contributed by atoms with Crippen molar-refractivity contribution in [3.05, 3.63) is 0 Å². The highest BCUT2D eigenvalue weighted by atomic mass is 16.8. The van der Waals surface area contributed by atoms with Gasteiger partial charge in [0.25, 0.3) is 0 Å². The summed E-state index contributed by atoms with van der Waals surface area (Å²) in [6.45, 7) is 0.313. The van der Waals surface area contributed by atoms with Crippen molar-refractivity contribution in [3.8, 4) is 0 Å². The van der Waals surface area contributed by atoms with Crippen molar-refractivity contribution >= 4 is 41.7 Å². The highest BCUT2D eigenvalue weighted by Gasteiger charge is 2.60. The molecule has 21 rings (SSSR count). The fourth-order valence-electron chi connectivity index (χ4n) is 15.1. The minimum atomic E-state index is -2.17. The molecule has 21 heterocycles. The molecule has 0 aromatic carbocycles. The molecular formula is C70H140N28O28.